The van der Waals surface area contributed by atoms with Crippen LogP contribution in [0.25, 0.3) is 6.08 Å². The molecule has 0 radical (unpaired) electrons. The van der Waals surface area contributed by atoms with E-state index >= 15 is 0 Å². The molecule has 2 nitrogen and oxygen atoms in total. The zero-order chi connectivity index (χ0) is 11.9. The van der Waals surface area contributed by atoms with Crippen molar-refractivity contribution in [2.75, 3.05) is 13.1 Å². The number of halogens is 2. The van der Waals surface area contributed by atoms with E-state index in [0.717, 1.165) is 37.2 Å². The Hall–Kier alpha value is -0.700. The molecule has 1 saturated heterocycles. The average Bonchev–Trinajstić information content (AvgIpc) is 2.29. The van der Waals surface area contributed by atoms with E-state index in [4.69, 9.17) is 27.9 Å². The number of benzene rings is 1. The van der Waals surface area contributed by atoms with Crippen LogP contribution < -0.4 is 10.1 Å². The molecule has 0 aliphatic carbocycles. The van der Waals surface area contributed by atoms with Crippen molar-refractivity contribution in [1.82, 2.24) is 5.32 Å². The van der Waals surface area contributed by atoms with E-state index < -0.39 is 0 Å². The second kappa shape index (κ2) is 4.20. The van der Waals surface area contributed by atoms with Crippen molar-refractivity contribution in [2.24, 2.45) is 0 Å². The topological polar surface area (TPSA) is 21.3 Å². The van der Waals surface area contributed by atoms with Crippen LogP contribution >= 0.6 is 23.2 Å². The molecule has 1 spiro atoms. The minimum atomic E-state index is -0.174. The summed E-state index contributed by atoms with van der Waals surface area (Å²) in [4.78, 5) is 0. The van der Waals surface area contributed by atoms with Gasteiger partial charge in [0.1, 0.15) is 11.4 Å². The maximum atomic E-state index is 6.15. The van der Waals surface area contributed by atoms with Crippen molar-refractivity contribution in [3.05, 3.63) is 33.8 Å². The van der Waals surface area contributed by atoms with E-state index in [2.05, 4.69) is 17.5 Å². The Morgan fingerprint density at radius 3 is 2.71 bits per heavy atom. The normalized spacial score (nSPS) is 21.1. The Morgan fingerprint density at radius 1 is 1.18 bits per heavy atom. The number of fused-ring (bicyclic) bond motifs is 1. The SMILES string of the molecule is Clc1cc(Cl)c2c(c1)OC1(C=C2)CCNCC1. The summed E-state index contributed by atoms with van der Waals surface area (Å²) >= 11 is 12.2. The largest absolute Gasteiger partial charge is 0.482 e. The van der Waals surface area contributed by atoms with Crippen molar-refractivity contribution in [3.8, 4) is 5.75 Å². The molecular weight excluding hydrogens is 257 g/mol. The lowest BCUT2D eigenvalue weighted by molar-refractivity contribution is 0.0823. The number of hydrogen-bond acceptors (Lipinski definition) is 2. The molecule has 90 valence electrons. The van der Waals surface area contributed by atoms with E-state index in [-0.39, 0.29) is 5.60 Å². The summed E-state index contributed by atoms with van der Waals surface area (Å²) in [6.07, 6.45) is 6.15. The first-order chi connectivity index (χ1) is 8.19. The van der Waals surface area contributed by atoms with Crippen LogP contribution in [0.3, 0.4) is 0 Å². The van der Waals surface area contributed by atoms with E-state index in [9.17, 15) is 0 Å². The summed E-state index contributed by atoms with van der Waals surface area (Å²) in [7, 11) is 0. The molecule has 1 aromatic rings. The summed E-state index contributed by atoms with van der Waals surface area (Å²) in [6.45, 7) is 1.96. The molecule has 0 bridgehead atoms. The third kappa shape index (κ3) is 2.05. The molecule has 0 amide bonds. The molecule has 0 aromatic heterocycles. The van der Waals surface area contributed by atoms with Gasteiger partial charge in [-0.05, 0) is 37.4 Å². The lowest BCUT2D eigenvalue weighted by Crippen LogP contribution is -2.45. The van der Waals surface area contributed by atoms with Gasteiger partial charge in [0, 0.05) is 23.4 Å². The minimum Gasteiger partial charge on any atom is -0.482 e. The fourth-order valence-corrected chi connectivity index (χ4v) is 2.95. The molecule has 3 rings (SSSR count). The van der Waals surface area contributed by atoms with Gasteiger partial charge in [-0.25, -0.2) is 0 Å². The summed E-state index contributed by atoms with van der Waals surface area (Å²) in [5.41, 5.74) is 0.756. The maximum Gasteiger partial charge on any atom is 0.130 e. The Bertz CT molecular complexity index is 479. The van der Waals surface area contributed by atoms with Crippen molar-refractivity contribution in [1.29, 1.82) is 0 Å². The molecule has 4 heteroatoms. The zero-order valence-electron chi connectivity index (χ0n) is 9.30. The first-order valence-corrected chi connectivity index (χ1v) is 6.52. The standard InChI is InChI=1S/C13H13Cl2NO/c14-9-7-11(15)10-1-2-13(17-12(10)8-9)3-5-16-6-4-13/h1-2,7-8,16H,3-6H2. The highest BCUT2D eigenvalue weighted by molar-refractivity contribution is 6.36. The van der Waals surface area contributed by atoms with Crippen LogP contribution in [-0.4, -0.2) is 18.7 Å². The van der Waals surface area contributed by atoms with Gasteiger partial charge >= 0.3 is 0 Å². The second-order valence-corrected chi connectivity index (χ2v) is 5.39. The molecule has 1 aromatic carbocycles. The smallest absolute Gasteiger partial charge is 0.130 e. The molecular formula is C13H13Cl2NO. The van der Waals surface area contributed by atoms with Crippen LogP contribution in [0.1, 0.15) is 18.4 Å². The van der Waals surface area contributed by atoms with Crippen LogP contribution in [0, 0.1) is 0 Å². The predicted octanol–water partition coefficient (Wildman–Crippen LogP) is 3.52. The molecule has 0 saturated carbocycles. The van der Waals surface area contributed by atoms with Crippen LogP contribution in [0.5, 0.6) is 5.75 Å². The van der Waals surface area contributed by atoms with E-state index in [1.54, 1.807) is 6.07 Å². The third-order valence-corrected chi connectivity index (χ3v) is 3.90. The van der Waals surface area contributed by atoms with Gasteiger partial charge in [-0.15, -0.1) is 0 Å². The summed E-state index contributed by atoms with van der Waals surface area (Å²) in [6, 6.07) is 3.59. The first-order valence-electron chi connectivity index (χ1n) is 5.77. The van der Waals surface area contributed by atoms with Crippen LogP contribution in [0.4, 0.5) is 0 Å². The quantitative estimate of drug-likeness (QED) is 0.778. The van der Waals surface area contributed by atoms with Crippen molar-refractivity contribution < 1.29 is 4.74 Å². The number of ether oxygens (including phenoxy) is 1. The fourth-order valence-electron chi connectivity index (χ4n) is 2.41. The van der Waals surface area contributed by atoms with Gasteiger partial charge in [-0.2, -0.15) is 0 Å². The highest BCUT2D eigenvalue weighted by Crippen LogP contribution is 2.40. The Kier molecular flexibility index (Phi) is 2.81. The molecule has 1 fully saturated rings. The van der Waals surface area contributed by atoms with Gasteiger partial charge in [0.05, 0.1) is 5.02 Å². The Balaban J connectivity index is 2.00. The monoisotopic (exact) mass is 269 g/mol. The highest BCUT2D eigenvalue weighted by Gasteiger charge is 2.34. The zero-order valence-corrected chi connectivity index (χ0v) is 10.8. The van der Waals surface area contributed by atoms with Gasteiger partial charge in [-0.3, -0.25) is 0 Å². The van der Waals surface area contributed by atoms with Crippen molar-refractivity contribution >= 4 is 29.3 Å². The average molecular weight is 270 g/mol. The molecule has 0 unspecified atom stereocenters. The number of rotatable bonds is 0. The van der Waals surface area contributed by atoms with E-state index in [1.807, 2.05) is 6.07 Å². The fraction of sp³-hybridized carbons (Fsp3) is 0.385. The van der Waals surface area contributed by atoms with Crippen molar-refractivity contribution in [2.45, 2.75) is 18.4 Å². The minimum absolute atomic E-state index is 0.174. The number of nitrogens with one attached hydrogen (secondary N) is 1. The maximum absolute atomic E-state index is 6.15. The van der Waals surface area contributed by atoms with E-state index in [0.29, 0.717) is 10.0 Å². The first kappa shape index (κ1) is 11.4. The lowest BCUT2D eigenvalue weighted by atomic mass is 9.89. The lowest BCUT2D eigenvalue weighted by Gasteiger charge is -2.38. The molecule has 17 heavy (non-hydrogen) atoms. The van der Waals surface area contributed by atoms with E-state index in [1.165, 1.54) is 0 Å². The number of piperidine rings is 1. The van der Waals surface area contributed by atoms with Crippen molar-refractivity contribution in [3.63, 3.8) is 0 Å². The summed E-state index contributed by atoms with van der Waals surface area (Å²) in [5.74, 6) is 0.798. The second-order valence-electron chi connectivity index (χ2n) is 4.55. The van der Waals surface area contributed by atoms with Crippen LogP contribution in [-0.2, 0) is 0 Å². The van der Waals surface area contributed by atoms with Gasteiger partial charge in [0.2, 0.25) is 0 Å². The van der Waals surface area contributed by atoms with Gasteiger partial charge in [0.15, 0.2) is 0 Å². The summed E-state index contributed by atoms with van der Waals surface area (Å²) < 4.78 is 6.13. The third-order valence-electron chi connectivity index (χ3n) is 3.37. The van der Waals surface area contributed by atoms with Crippen LogP contribution in [0.15, 0.2) is 18.2 Å². The van der Waals surface area contributed by atoms with Gasteiger partial charge in [-0.1, -0.05) is 23.2 Å². The Morgan fingerprint density at radius 2 is 1.94 bits per heavy atom. The molecule has 0 atom stereocenters. The van der Waals surface area contributed by atoms with Gasteiger partial charge < -0.3 is 10.1 Å². The Labute approximate surface area is 111 Å². The molecule has 1 N–H and O–H groups in total. The predicted molar refractivity (Wildman–Crippen MR) is 71.0 cm³/mol. The molecule has 2 aliphatic heterocycles. The molecule has 2 heterocycles. The number of hydrogen-bond donors (Lipinski definition) is 1. The van der Waals surface area contributed by atoms with Crippen LogP contribution in [0.2, 0.25) is 10.0 Å². The highest BCUT2D eigenvalue weighted by atomic mass is 35.5. The van der Waals surface area contributed by atoms with Gasteiger partial charge in [0.25, 0.3) is 0 Å². The molecule has 2 aliphatic rings. The summed E-state index contributed by atoms with van der Waals surface area (Å²) in [5, 5.41) is 4.60.